The van der Waals surface area contributed by atoms with Crippen molar-refractivity contribution in [2.75, 3.05) is 38.0 Å². The lowest BCUT2D eigenvalue weighted by molar-refractivity contribution is 0.101. The molecule has 3 nitrogen and oxygen atoms in total. The zero-order valence-corrected chi connectivity index (χ0v) is 13.3. The number of ketones is 1. The summed E-state index contributed by atoms with van der Waals surface area (Å²) in [5, 5.41) is 0. The average molecular weight is 282 g/mol. The molecule has 0 N–H and O–H groups in total. The Hall–Kier alpha value is -2.29. The van der Waals surface area contributed by atoms with Gasteiger partial charge in [-0.15, -0.1) is 0 Å². The van der Waals surface area contributed by atoms with E-state index in [1.54, 1.807) is 6.92 Å². The van der Waals surface area contributed by atoms with Crippen LogP contribution in [0.1, 0.15) is 17.3 Å². The third kappa shape index (κ3) is 3.24. The monoisotopic (exact) mass is 282 g/mol. The van der Waals surface area contributed by atoms with Gasteiger partial charge in [-0.05, 0) is 42.3 Å². The maximum Gasteiger partial charge on any atom is 0.160 e. The van der Waals surface area contributed by atoms with Crippen LogP contribution in [0.2, 0.25) is 0 Å². The van der Waals surface area contributed by atoms with Crippen LogP contribution in [0, 0.1) is 0 Å². The largest absolute Gasteiger partial charge is 0.378 e. The maximum absolute atomic E-state index is 12.0. The molecule has 3 heteroatoms. The predicted molar refractivity (Wildman–Crippen MR) is 90.5 cm³/mol. The van der Waals surface area contributed by atoms with Crippen LogP contribution in [0.3, 0.4) is 0 Å². The number of anilines is 2. The quantitative estimate of drug-likeness (QED) is 0.799. The Morgan fingerprint density at radius 1 is 0.810 bits per heavy atom. The molecule has 0 heterocycles. The first kappa shape index (κ1) is 15.1. The normalized spacial score (nSPS) is 10.3. The second-order valence-electron chi connectivity index (χ2n) is 5.62. The van der Waals surface area contributed by atoms with Crippen molar-refractivity contribution in [3.05, 3.63) is 48.0 Å². The first-order valence-electron chi connectivity index (χ1n) is 7.00. The summed E-state index contributed by atoms with van der Waals surface area (Å²) in [6.07, 6.45) is 0. The molecular formula is C18H22N2O. The van der Waals surface area contributed by atoms with Gasteiger partial charge in [0, 0.05) is 45.1 Å². The molecule has 0 saturated heterocycles. The lowest BCUT2D eigenvalue weighted by Gasteiger charge is -2.17. The molecule has 0 aliphatic rings. The van der Waals surface area contributed by atoms with Gasteiger partial charge in [0.25, 0.3) is 0 Å². The highest BCUT2D eigenvalue weighted by atomic mass is 16.1. The first-order valence-corrected chi connectivity index (χ1v) is 7.00. The number of benzene rings is 2. The van der Waals surface area contributed by atoms with Gasteiger partial charge >= 0.3 is 0 Å². The summed E-state index contributed by atoms with van der Waals surface area (Å²) in [4.78, 5) is 16.0. The fourth-order valence-corrected chi connectivity index (χ4v) is 2.29. The van der Waals surface area contributed by atoms with E-state index in [2.05, 4.69) is 29.2 Å². The first-order chi connectivity index (χ1) is 9.90. The lowest BCUT2D eigenvalue weighted by Crippen LogP contribution is -2.10. The summed E-state index contributed by atoms with van der Waals surface area (Å²) in [6, 6.07) is 14.3. The Morgan fingerprint density at radius 2 is 1.33 bits per heavy atom. The van der Waals surface area contributed by atoms with E-state index in [0.717, 1.165) is 28.1 Å². The van der Waals surface area contributed by atoms with Gasteiger partial charge in [0.1, 0.15) is 0 Å². The molecule has 21 heavy (non-hydrogen) atoms. The summed E-state index contributed by atoms with van der Waals surface area (Å²) in [5.41, 5.74) is 5.00. The minimum atomic E-state index is 0.0883. The number of Topliss-reactive ketones (excluding diaryl/α,β-unsaturated/α-hetero) is 1. The van der Waals surface area contributed by atoms with Gasteiger partial charge in [-0.1, -0.05) is 18.2 Å². The number of hydrogen-bond donors (Lipinski definition) is 0. The summed E-state index contributed by atoms with van der Waals surface area (Å²) >= 11 is 0. The zero-order chi connectivity index (χ0) is 15.6. The number of hydrogen-bond acceptors (Lipinski definition) is 3. The Labute approximate surface area is 126 Å². The summed E-state index contributed by atoms with van der Waals surface area (Å²) in [6.45, 7) is 1.62. The number of carbonyl (C=O) groups is 1. The minimum Gasteiger partial charge on any atom is -0.378 e. The van der Waals surface area contributed by atoms with Gasteiger partial charge in [-0.2, -0.15) is 0 Å². The summed E-state index contributed by atoms with van der Waals surface area (Å²) in [7, 11) is 7.99. The molecule has 0 atom stereocenters. The summed E-state index contributed by atoms with van der Waals surface area (Å²) in [5.74, 6) is 0.0883. The van der Waals surface area contributed by atoms with Crippen molar-refractivity contribution < 1.29 is 4.79 Å². The third-order valence-electron chi connectivity index (χ3n) is 3.59. The fraction of sp³-hybridized carbons (Fsp3) is 0.278. The van der Waals surface area contributed by atoms with Crippen molar-refractivity contribution in [1.29, 1.82) is 0 Å². The highest BCUT2D eigenvalue weighted by Crippen LogP contribution is 2.29. The van der Waals surface area contributed by atoms with E-state index in [0.29, 0.717) is 0 Å². The highest BCUT2D eigenvalue weighted by molar-refractivity contribution is 6.01. The molecule has 0 radical (unpaired) electrons. The van der Waals surface area contributed by atoms with E-state index in [1.807, 2.05) is 51.3 Å². The van der Waals surface area contributed by atoms with Crippen molar-refractivity contribution in [3.63, 3.8) is 0 Å². The third-order valence-corrected chi connectivity index (χ3v) is 3.59. The molecule has 0 bridgehead atoms. The van der Waals surface area contributed by atoms with E-state index in [9.17, 15) is 4.79 Å². The van der Waals surface area contributed by atoms with Crippen LogP contribution in [-0.2, 0) is 0 Å². The van der Waals surface area contributed by atoms with Gasteiger partial charge in [0.2, 0.25) is 0 Å². The number of carbonyl (C=O) groups excluding carboxylic acids is 1. The van der Waals surface area contributed by atoms with Crippen molar-refractivity contribution in [1.82, 2.24) is 0 Å². The van der Waals surface area contributed by atoms with E-state index in [1.165, 1.54) is 0 Å². The minimum absolute atomic E-state index is 0.0883. The van der Waals surface area contributed by atoms with Crippen LogP contribution in [0.15, 0.2) is 42.5 Å². The van der Waals surface area contributed by atoms with E-state index in [4.69, 9.17) is 0 Å². The van der Waals surface area contributed by atoms with Gasteiger partial charge < -0.3 is 9.80 Å². The van der Waals surface area contributed by atoms with Crippen molar-refractivity contribution in [2.45, 2.75) is 6.92 Å². The van der Waals surface area contributed by atoms with Crippen LogP contribution < -0.4 is 9.80 Å². The Bertz CT molecular complexity index is 643. The van der Waals surface area contributed by atoms with Crippen LogP contribution in [0.25, 0.3) is 11.1 Å². The maximum atomic E-state index is 12.0. The van der Waals surface area contributed by atoms with Crippen LogP contribution in [0.4, 0.5) is 11.4 Å². The lowest BCUT2D eigenvalue weighted by atomic mass is 9.96. The van der Waals surface area contributed by atoms with Gasteiger partial charge in [-0.3, -0.25) is 4.79 Å². The zero-order valence-electron chi connectivity index (χ0n) is 13.3. The Balaban J connectivity index is 2.50. The van der Waals surface area contributed by atoms with Crippen molar-refractivity contribution in [2.24, 2.45) is 0 Å². The molecule has 0 aliphatic heterocycles. The average Bonchev–Trinajstić information content (AvgIpc) is 2.46. The number of nitrogens with zero attached hydrogens (tertiary/aromatic N) is 2. The Morgan fingerprint density at radius 3 is 1.81 bits per heavy atom. The molecule has 0 amide bonds. The molecule has 2 aromatic carbocycles. The molecule has 110 valence electrons. The molecule has 0 spiro atoms. The molecule has 2 aromatic rings. The fourth-order valence-electron chi connectivity index (χ4n) is 2.29. The van der Waals surface area contributed by atoms with Crippen LogP contribution >= 0.6 is 0 Å². The summed E-state index contributed by atoms with van der Waals surface area (Å²) < 4.78 is 0. The topological polar surface area (TPSA) is 23.6 Å². The van der Waals surface area contributed by atoms with Crippen molar-refractivity contribution in [3.8, 4) is 11.1 Å². The van der Waals surface area contributed by atoms with Gasteiger partial charge in [0.15, 0.2) is 5.78 Å². The second kappa shape index (κ2) is 6.00. The molecule has 0 fully saturated rings. The molecule has 0 saturated carbocycles. The second-order valence-corrected chi connectivity index (χ2v) is 5.62. The SMILES string of the molecule is CC(=O)c1cc(N(C)C)ccc1-c1ccc(N(C)C)cc1. The predicted octanol–water partition coefficient (Wildman–Crippen LogP) is 3.69. The molecular weight excluding hydrogens is 260 g/mol. The standard InChI is InChI=1S/C18H22N2O/c1-13(21)18-12-16(20(4)5)10-11-17(18)14-6-8-15(9-7-14)19(2)3/h6-12H,1-5H3. The van der Waals surface area contributed by atoms with E-state index < -0.39 is 0 Å². The molecule has 0 aromatic heterocycles. The highest BCUT2D eigenvalue weighted by Gasteiger charge is 2.11. The molecule has 0 unspecified atom stereocenters. The Kier molecular flexibility index (Phi) is 4.32. The van der Waals surface area contributed by atoms with Gasteiger partial charge in [-0.25, -0.2) is 0 Å². The molecule has 0 aliphatic carbocycles. The smallest absolute Gasteiger partial charge is 0.160 e. The molecule has 2 rings (SSSR count). The van der Waals surface area contributed by atoms with Crippen LogP contribution in [0.5, 0.6) is 0 Å². The van der Waals surface area contributed by atoms with E-state index in [-0.39, 0.29) is 5.78 Å². The van der Waals surface area contributed by atoms with Crippen LogP contribution in [-0.4, -0.2) is 34.0 Å². The number of rotatable bonds is 4. The van der Waals surface area contributed by atoms with Gasteiger partial charge in [0.05, 0.1) is 0 Å². The van der Waals surface area contributed by atoms with E-state index >= 15 is 0 Å². The van der Waals surface area contributed by atoms with Crippen molar-refractivity contribution >= 4 is 17.2 Å².